The summed E-state index contributed by atoms with van der Waals surface area (Å²) >= 11 is 0. The topological polar surface area (TPSA) is 73.6 Å². The van der Waals surface area contributed by atoms with Gasteiger partial charge in [0, 0.05) is 23.7 Å². The van der Waals surface area contributed by atoms with Crippen LogP contribution >= 0.6 is 0 Å². The molecule has 0 aliphatic rings. The lowest BCUT2D eigenvalue weighted by molar-refractivity contribution is 0.278. The van der Waals surface area contributed by atoms with Gasteiger partial charge in [-0.05, 0) is 25.1 Å². The molecule has 0 saturated heterocycles. The summed E-state index contributed by atoms with van der Waals surface area (Å²) in [6.45, 7) is 1.93. The van der Waals surface area contributed by atoms with Gasteiger partial charge in [-0.2, -0.15) is 5.10 Å². The number of nitrogens with zero attached hydrogens (tertiary/aromatic N) is 2. The van der Waals surface area contributed by atoms with Crippen molar-refractivity contribution in [2.24, 2.45) is 0 Å². The van der Waals surface area contributed by atoms with Crippen molar-refractivity contribution < 1.29 is 14.6 Å². The summed E-state index contributed by atoms with van der Waals surface area (Å²) in [4.78, 5) is 12.0. The summed E-state index contributed by atoms with van der Waals surface area (Å²) in [5.74, 6) is 1.26. The lowest BCUT2D eigenvalue weighted by Gasteiger charge is -2.12. The second-order valence-electron chi connectivity index (χ2n) is 4.40. The largest absolute Gasteiger partial charge is 0.497 e. The van der Waals surface area contributed by atoms with Crippen molar-refractivity contribution >= 4 is 0 Å². The molecule has 0 saturated carbocycles. The van der Waals surface area contributed by atoms with E-state index in [1.54, 1.807) is 32.4 Å². The van der Waals surface area contributed by atoms with E-state index in [1.165, 1.54) is 4.68 Å². The zero-order valence-corrected chi connectivity index (χ0v) is 12.3. The summed E-state index contributed by atoms with van der Waals surface area (Å²) in [6.07, 6.45) is 0. The van der Waals surface area contributed by atoms with Crippen LogP contribution in [0, 0.1) is 0 Å². The number of aliphatic hydroxyl groups is 1. The predicted octanol–water partition coefficient (Wildman–Crippen LogP) is 1.44. The summed E-state index contributed by atoms with van der Waals surface area (Å²) in [5, 5.41) is 13.6. The Bertz CT molecular complexity index is 666. The fourth-order valence-electron chi connectivity index (χ4n) is 2.07. The van der Waals surface area contributed by atoms with Crippen LogP contribution in [0.5, 0.6) is 11.5 Å². The van der Waals surface area contributed by atoms with E-state index < -0.39 is 0 Å². The average Bonchev–Trinajstić information content (AvgIpc) is 2.54. The number of methoxy groups -OCH3 is 2. The molecule has 1 aromatic carbocycles. The summed E-state index contributed by atoms with van der Waals surface area (Å²) in [7, 11) is 3.13. The minimum Gasteiger partial charge on any atom is -0.497 e. The van der Waals surface area contributed by atoms with Gasteiger partial charge < -0.3 is 14.6 Å². The lowest BCUT2D eigenvalue weighted by atomic mass is 10.1. The molecule has 2 rings (SSSR count). The summed E-state index contributed by atoms with van der Waals surface area (Å²) in [5.41, 5.74) is 1.33. The van der Waals surface area contributed by atoms with Crippen LogP contribution in [0.4, 0.5) is 0 Å². The third-order valence-electron chi connectivity index (χ3n) is 3.20. The standard InChI is InChI=1S/C15H18N2O4/c1-4-17-15(19)10(9-18)7-13(16-17)12-6-5-11(20-2)8-14(12)21-3/h5-8,18H,4,9H2,1-3H3. The first kappa shape index (κ1) is 15.1. The molecule has 0 unspecified atom stereocenters. The quantitative estimate of drug-likeness (QED) is 0.902. The van der Waals surface area contributed by atoms with Gasteiger partial charge >= 0.3 is 0 Å². The Labute approximate surface area is 122 Å². The van der Waals surface area contributed by atoms with Crippen LogP contribution in [0.15, 0.2) is 29.1 Å². The van der Waals surface area contributed by atoms with Crippen molar-refractivity contribution in [2.75, 3.05) is 14.2 Å². The number of aromatic nitrogens is 2. The van der Waals surface area contributed by atoms with Gasteiger partial charge in [-0.3, -0.25) is 4.79 Å². The average molecular weight is 290 g/mol. The normalized spacial score (nSPS) is 10.5. The van der Waals surface area contributed by atoms with E-state index >= 15 is 0 Å². The maximum absolute atomic E-state index is 12.0. The van der Waals surface area contributed by atoms with Gasteiger partial charge in [0.15, 0.2) is 0 Å². The van der Waals surface area contributed by atoms with Crippen LogP contribution in [0.3, 0.4) is 0 Å². The molecule has 0 bridgehead atoms. The van der Waals surface area contributed by atoms with E-state index in [4.69, 9.17) is 9.47 Å². The fraction of sp³-hybridized carbons (Fsp3) is 0.333. The number of ether oxygens (including phenoxy) is 2. The number of hydrogen-bond donors (Lipinski definition) is 1. The monoisotopic (exact) mass is 290 g/mol. The van der Waals surface area contributed by atoms with Crippen molar-refractivity contribution in [3.8, 4) is 22.8 Å². The van der Waals surface area contributed by atoms with Crippen LogP contribution in [0.25, 0.3) is 11.3 Å². The van der Waals surface area contributed by atoms with Gasteiger partial charge in [-0.15, -0.1) is 0 Å². The van der Waals surface area contributed by atoms with E-state index in [9.17, 15) is 9.90 Å². The van der Waals surface area contributed by atoms with Crippen LogP contribution in [0.2, 0.25) is 0 Å². The fourth-order valence-corrected chi connectivity index (χ4v) is 2.07. The molecule has 0 fully saturated rings. The Morgan fingerprint density at radius 2 is 2.00 bits per heavy atom. The zero-order chi connectivity index (χ0) is 15.4. The molecule has 2 aromatic rings. The zero-order valence-electron chi connectivity index (χ0n) is 12.3. The van der Waals surface area contributed by atoms with Crippen molar-refractivity contribution in [1.29, 1.82) is 0 Å². The molecule has 0 radical (unpaired) electrons. The summed E-state index contributed by atoms with van der Waals surface area (Å²) in [6, 6.07) is 6.93. The molecular weight excluding hydrogens is 272 g/mol. The molecule has 0 aliphatic carbocycles. The molecule has 6 heteroatoms. The third-order valence-corrected chi connectivity index (χ3v) is 3.20. The van der Waals surface area contributed by atoms with E-state index in [-0.39, 0.29) is 12.2 Å². The van der Waals surface area contributed by atoms with Gasteiger partial charge in [0.1, 0.15) is 11.5 Å². The molecule has 6 nitrogen and oxygen atoms in total. The first-order chi connectivity index (χ1) is 10.1. The number of hydrogen-bond acceptors (Lipinski definition) is 5. The van der Waals surface area contributed by atoms with Gasteiger partial charge in [0.25, 0.3) is 5.56 Å². The van der Waals surface area contributed by atoms with E-state index in [1.807, 2.05) is 13.0 Å². The lowest BCUT2D eigenvalue weighted by Crippen LogP contribution is -2.26. The molecular formula is C15H18N2O4. The van der Waals surface area contributed by atoms with Gasteiger partial charge in [0.2, 0.25) is 0 Å². The highest BCUT2D eigenvalue weighted by atomic mass is 16.5. The van der Waals surface area contributed by atoms with Crippen LogP contribution in [-0.2, 0) is 13.2 Å². The van der Waals surface area contributed by atoms with E-state index in [0.29, 0.717) is 29.3 Å². The maximum atomic E-state index is 12.0. The Hall–Kier alpha value is -2.34. The molecule has 0 spiro atoms. The minimum atomic E-state index is -0.327. The molecule has 21 heavy (non-hydrogen) atoms. The van der Waals surface area contributed by atoms with E-state index in [0.717, 1.165) is 5.56 Å². The highest BCUT2D eigenvalue weighted by Gasteiger charge is 2.13. The molecule has 1 aromatic heterocycles. The van der Waals surface area contributed by atoms with Crippen LogP contribution in [-0.4, -0.2) is 29.1 Å². The maximum Gasteiger partial charge on any atom is 0.272 e. The molecule has 0 atom stereocenters. The van der Waals surface area contributed by atoms with Crippen molar-refractivity contribution in [2.45, 2.75) is 20.1 Å². The second kappa shape index (κ2) is 6.41. The van der Waals surface area contributed by atoms with E-state index in [2.05, 4.69) is 5.10 Å². The number of aryl methyl sites for hydroxylation is 1. The Morgan fingerprint density at radius 1 is 1.24 bits per heavy atom. The SMILES string of the molecule is CCn1nc(-c2ccc(OC)cc2OC)cc(CO)c1=O. The Balaban J connectivity index is 2.63. The third kappa shape index (κ3) is 2.90. The molecule has 0 aliphatic heterocycles. The molecule has 112 valence electrons. The first-order valence-corrected chi connectivity index (χ1v) is 6.58. The van der Waals surface area contributed by atoms with Crippen molar-refractivity contribution in [3.63, 3.8) is 0 Å². The van der Waals surface area contributed by atoms with Gasteiger partial charge in [0.05, 0.1) is 26.5 Å². The highest BCUT2D eigenvalue weighted by Crippen LogP contribution is 2.32. The Kier molecular flexibility index (Phi) is 4.59. The minimum absolute atomic E-state index is 0.281. The molecule has 0 amide bonds. The smallest absolute Gasteiger partial charge is 0.272 e. The number of benzene rings is 1. The molecule has 1 heterocycles. The Morgan fingerprint density at radius 3 is 2.57 bits per heavy atom. The van der Waals surface area contributed by atoms with Crippen molar-refractivity contribution in [1.82, 2.24) is 9.78 Å². The first-order valence-electron chi connectivity index (χ1n) is 6.58. The second-order valence-corrected chi connectivity index (χ2v) is 4.40. The van der Waals surface area contributed by atoms with Gasteiger partial charge in [-0.1, -0.05) is 0 Å². The molecule has 1 N–H and O–H groups in total. The summed E-state index contributed by atoms with van der Waals surface area (Å²) < 4.78 is 11.8. The number of aliphatic hydroxyl groups excluding tert-OH is 1. The van der Waals surface area contributed by atoms with Crippen LogP contribution < -0.4 is 15.0 Å². The number of rotatable bonds is 5. The van der Waals surface area contributed by atoms with Crippen LogP contribution in [0.1, 0.15) is 12.5 Å². The van der Waals surface area contributed by atoms with Crippen molar-refractivity contribution in [3.05, 3.63) is 40.2 Å². The predicted molar refractivity (Wildman–Crippen MR) is 78.6 cm³/mol. The highest BCUT2D eigenvalue weighted by molar-refractivity contribution is 5.68. The van der Waals surface area contributed by atoms with Gasteiger partial charge in [-0.25, -0.2) is 4.68 Å².